The van der Waals surface area contributed by atoms with Crippen LogP contribution in [0.2, 0.25) is 10.0 Å². The lowest BCUT2D eigenvalue weighted by Crippen LogP contribution is -2.28. The first-order chi connectivity index (χ1) is 15.9. The lowest BCUT2D eigenvalue weighted by atomic mass is 10.1. The summed E-state index contributed by atoms with van der Waals surface area (Å²) in [5.74, 6) is 0.814. The van der Waals surface area contributed by atoms with Gasteiger partial charge < -0.3 is 4.90 Å². The Bertz CT molecular complexity index is 1280. The van der Waals surface area contributed by atoms with E-state index < -0.39 is 0 Å². The smallest absolute Gasteiger partial charge is 0.233 e. The minimum absolute atomic E-state index is 0.00475. The Balaban J connectivity index is 1.58. The summed E-state index contributed by atoms with van der Waals surface area (Å²) < 4.78 is 1.86. The molecule has 6 nitrogen and oxygen atoms in total. The summed E-state index contributed by atoms with van der Waals surface area (Å²) in [6, 6.07) is 17.1. The zero-order chi connectivity index (χ0) is 23.4. The Kier molecular flexibility index (Phi) is 7.33. The predicted octanol–water partition coefficient (Wildman–Crippen LogP) is 5.70. The molecule has 0 fully saturated rings. The zero-order valence-corrected chi connectivity index (χ0v) is 20.4. The maximum absolute atomic E-state index is 12.9. The van der Waals surface area contributed by atoms with E-state index in [0.717, 1.165) is 22.4 Å². The molecule has 0 radical (unpaired) electrons. The first kappa shape index (κ1) is 23.3. The number of benzene rings is 2. The molecule has 0 unspecified atom stereocenters. The third-order valence-corrected chi connectivity index (χ3v) is 6.79. The minimum atomic E-state index is -0.00475. The van der Waals surface area contributed by atoms with Gasteiger partial charge in [-0.05, 0) is 48.4 Å². The van der Waals surface area contributed by atoms with Crippen molar-refractivity contribution in [1.29, 1.82) is 0 Å². The van der Waals surface area contributed by atoms with E-state index in [1.165, 1.54) is 11.8 Å². The Labute approximate surface area is 206 Å². The van der Waals surface area contributed by atoms with Crippen LogP contribution in [0.25, 0.3) is 17.1 Å². The van der Waals surface area contributed by atoms with Crippen LogP contribution in [0, 0.1) is 6.92 Å². The van der Waals surface area contributed by atoms with Crippen molar-refractivity contribution in [2.45, 2.75) is 18.6 Å². The van der Waals surface area contributed by atoms with Gasteiger partial charge in [-0.25, -0.2) is 0 Å². The molecule has 4 rings (SSSR count). The van der Waals surface area contributed by atoms with E-state index in [4.69, 9.17) is 23.2 Å². The molecule has 168 valence electrons. The summed E-state index contributed by atoms with van der Waals surface area (Å²) in [7, 11) is 1.81. The maximum Gasteiger partial charge on any atom is 0.233 e. The first-order valence-corrected chi connectivity index (χ1v) is 11.9. The van der Waals surface area contributed by atoms with Gasteiger partial charge in [-0.1, -0.05) is 59.2 Å². The van der Waals surface area contributed by atoms with E-state index in [-0.39, 0.29) is 11.7 Å². The fourth-order valence-electron chi connectivity index (χ4n) is 3.27. The van der Waals surface area contributed by atoms with Crippen molar-refractivity contribution in [3.8, 4) is 17.1 Å². The average molecular weight is 498 g/mol. The van der Waals surface area contributed by atoms with Crippen LogP contribution in [0.4, 0.5) is 0 Å². The number of aromatic nitrogens is 4. The van der Waals surface area contributed by atoms with Crippen LogP contribution in [-0.2, 0) is 11.3 Å². The highest BCUT2D eigenvalue weighted by atomic mass is 35.5. The highest BCUT2D eigenvalue weighted by Crippen LogP contribution is 2.31. The number of aryl methyl sites for hydroxylation is 1. The number of nitrogens with zero attached hydrogens (tertiary/aromatic N) is 5. The van der Waals surface area contributed by atoms with Gasteiger partial charge in [0.1, 0.15) is 0 Å². The highest BCUT2D eigenvalue weighted by Gasteiger charge is 2.19. The van der Waals surface area contributed by atoms with E-state index in [9.17, 15) is 4.79 Å². The number of thioether (sulfide) groups is 1. The fraction of sp³-hybridized carbons (Fsp3) is 0.167. The van der Waals surface area contributed by atoms with Crippen LogP contribution < -0.4 is 0 Å². The van der Waals surface area contributed by atoms with Crippen LogP contribution in [0.3, 0.4) is 0 Å². The standard InChI is InChI=1S/C24H21Cl2N5OS/c1-16-6-3-4-7-18(16)14-30(2)22(32)15-33-24-29-28-23(17-8-5-11-27-13-17)31(24)19-9-10-20(25)21(26)12-19/h3-13H,14-15H2,1-2H3. The molecule has 0 bridgehead atoms. The number of carbonyl (C=O) groups excluding carboxylic acids is 1. The van der Waals surface area contributed by atoms with Crippen molar-refractivity contribution < 1.29 is 4.79 Å². The molecule has 0 saturated heterocycles. The van der Waals surface area contributed by atoms with Crippen LogP contribution >= 0.6 is 35.0 Å². The number of pyridine rings is 1. The van der Waals surface area contributed by atoms with Crippen LogP contribution in [-0.4, -0.2) is 43.4 Å². The molecule has 0 spiro atoms. The van der Waals surface area contributed by atoms with Crippen LogP contribution in [0.5, 0.6) is 0 Å². The van der Waals surface area contributed by atoms with E-state index in [1.807, 2.05) is 54.0 Å². The SMILES string of the molecule is Cc1ccccc1CN(C)C(=O)CSc1nnc(-c2cccnc2)n1-c1ccc(Cl)c(Cl)c1. The van der Waals surface area contributed by atoms with Crippen molar-refractivity contribution in [2.24, 2.45) is 0 Å². The summed E-state index contributed by atoms with van der Waals surface area (Å²) in [6.45, 7) is 2.59. The summed E-state index contributed by atoms with van der Waals surface area (Å²) in [6.07, 6.45) is 3.41. The molecule has 2 aromatic carbocycles. The summed E-state index contributed by atoms with van der Waals surface area (Å²) >= 11 is 13.7. The molecule has 1 amide bonds. The van der Waals surface area contributed by atoms with Gasteiger partial charge in [0.25, 0.3) is 0 Å². The molecule has 0 atom stereocenters. The molecule has 0 aliphatic carbocycles. The van der Waals surface area contributed by atoms with Crippen molar-refractivity contribution in [3.63, 3.8) is 0 Å². The highest BCUT2D eigenvalue weighted by molar-refractivity contribution is 7.99. The third kappa shape index (κ3) is 5.38. The van der Waals surface area contributed by atoms with Crippen LogP contribution in [0.15, 0.2) is 72.1 Å². The number of amides is 1. The number of rotatable bonds is 7. The molecule has 2 heterocycles. The van der Waals surface area contributed by atoms with Crippen molar-refractivity contribution in [1.82, 2.24) is 24.6 Å². The Morgan fingerprint density at radius 1 is 1.06 bits per heavy atom. The minimum Gasteiger partial charge on any atom is -0.341 e. The van der Waals surface area contributed by atoms with Gasteiger partial charge in [0.2, 0.25) is 5.91 Å². The molecule has 4 aromatic rings. The van der Waals surface area contributed by atoms with Gasteiger partial charge in [-0.3, -0.25) is 14.3 Å². The fourth-order valence-corrected chi connectivity index (χ4v) is 4.45. The molecule has 33 heavy (non-hydrogen) atoms. The predicted molar refractivity (Wildman–Crippen MR) is 133 cm³/mol. The van der Waals surface area contributed by atoms with Crippen LogP contribution in [0.1, 0.15) is 11.1 Å². The lowest BCUT2D eigenvalue weighted by Gasteiger charge is -2.18. The Morgan fingerprint density at radius 3 is 2.61 bits per heavy atom. The van der Waals surface area contributed by atoms with E-state index in [0.29, 0.717) is 27.6 Å². The summed E-state index contributed by atoms with van der Waals surface area (Å²) in [5, 5.41) is 10.2. The lowest BCUT2D eigenvalue weighted by molar-refractivity contribution is -0.127. The van der Waals surface area contributed by atoms with Gasteiger partial charge in [0, 0.05) is 31.5 Å². The molecular weight excluding hydrogens is 477 g/mol. The second kappa shape index (κ2) is 10.4. The normalized spacial score (nSPS) is 10.9. The van der Waals surface area contributed by atoms with Crippen molar-refractivity contribution in [3.05, 3.63) is 88.2 Å². The maximum atomic E-state index is 12.9. The number of hydrogen-bond donors (Lipinski definition) is 0. The Morgan fingerprint density at radius 2 is 1.88 bits per heavy atom. The Hall–Kier alpha value is -2.87. The van der Waals surface area contributed by atoms with Crippen molar-refractivity contribution in [2.75, 3.05) is 12.8 Å². The number of hydrogen-bond acceptors (Lipinski definition) is 5. The van der Waals surface area contributed by atoms with E-state index in [1.54, 1.807) is 36.5 Å². The second-order valence-electron chi connectivity index (χ2n) is 7.45. The number of halogens is 2. The zero-order valence-electron chi connectivity index (χ0n) is 18.1. The molecule has 9 heteroatoms. The monoisotopic (exact) mass is 497 g/mol. The number of carbonyl (C=O) groups is 1. The molecule has 0 saturated carbocycles. The summed E-state index contributed by atoms with van der Waals surface area (Å²) in [5.41, 5.74) is 3.82. The third-order valence-electron chi connectivity index (χ3n) is 5.13. The molecule has 0 aliphatic rings. The average Bonchev–Trinajstić information content (AvgIpc) is 3.25. The second-order valence-corrected chi connectivity index (χ2v) is 9.20. The first-order valence-electron chi connectivity index (χ1n) is 10.2. The summed E-state index contributed by atoms with van der Waals surface area (Å²) in [4.78, 5) is 18.8. The quantitative estimate of drug-likeness (QED) is 0.306. The van der Waals surface area contributed by atoms with Crippen molar-refractivity contribution >= 4 is 40.9 Å². The van der Waals surface area contributed by atoms with E-state index in [2.05, 4.69) is 15.2 Å². The van der Waals surface area contributed by atoms with Gasteiger partial charge >= 0.3 is 0 Å². The van der Waals surface area contributed by atoms with Gasteiger partial charge in [0.05, 0.1) is 21.5 Å². The molecule has 0 aliphatic heterocycles. The van der Waals surface area contributed by atoms with Gasteiger partial charge in [0.15, 0.2) is 11.0 Å². The molecular formula is C24H21Cl2N5OS. The topological polar surface area (TPSA) is 63.9 Å². The largest absolute Gasteiger partial charge is 0.341 e. The molecule has 2 aromatic heterocycles. The molecule has 0 N–H and O–H groups in total. The van der Waals surface area contributed by atoms with E-state index >= 15 is 0 Å². The van der Waals surface area contributed by atoms with Gasteiger partial charge in [-0.2, -0.15) is 0 Å². The van der Waals surface area contributed by atoms with Gasteiger partial charge in [-0.15, -0.1) is 10.2 Å².